The van der Waals surface area contributed by atoms with Crippen molar-refractivity contribution in [2.45, 2.75) is 25.9 Å². The third kappa shape index (κ3) is 4.46. The van der Waals surface area contributed by atoms with E-state index in [-0.39, 0.29) is 6.04 Å². The highest BCUT2D eigenvalue weighted by Crippen LogP contribution is 2.14. The molecule has 0 fully saturated rings. The molecule has 0 radical (unpaired) electrons. The van der Waals surface area contributed by atoms with Crippen molar-refractivity contribution in [3.63, 3.8) is 0 Å². The summed E-state index contributed by atoms with van der Waals surface area (Å²) < 4.78 is 5.18. The third-order valence-corrected chi connectivity index (χ3v) is 3.13. The van der Waals surface area contributed by atoms with Crippen molar-refractivity contribution in [3.8, 4) is 0 Å². The molecule has 3 nitrogen and oxygen atoms in total. The topological polar surface area (TPSA) is 47.3 Å². The van der Waals surface area contributed by atoms with E-state index < -0.39 is 0 Å². The van der Waals surface area contributed by atoms with Gasteiger partial charge in [-0.25, -0.2) is 0 Å². The van der Waals surface area contributed by atoms with Gasteiger partial charge in [-0.15, -0.1) is 0 Å². The normalized spacial score (nSPS) is 16.5. The second-order valence-corrected chi connectivity index (χ2v) is 4.57. The Bertz CT molecular complexity index is 302. The van der Waals surface area contributed by atoms with Gasteiger partial charge in [-0.1, -0.05) is 37.3 Å². The molecule has 0 heterocycles. The molecule has 1 aromatic carbocycles. The molecule has 0 spiro atoms. The van der Waals surface area contributed by atoms with Crippen LogP contribution in [0, 0.1) is 5.92 Å². The minimum atomic E-state index is 0.283. The molecule has 0 aromatic heterocycles. The first-order chi connectivity index (χ1) is 8.19. The van der Waals surface area contributed by atoms with Crippen LogP contribution in [0.5, 0.6) is 0 Å². The third-order valence-electron chi connectivity index (χ3n) is 3.13. The molecule has 0 aliphatic carbocycles. The summed E-state index contributed by atoms with van der Waals surface area (Å²) in [5, 5.41) is 3.56. The molecule has 0 aliphatic rings. The van der Waals surface area contributed by atoms with Gasteiger partial charge in [-0.05, 0) is 18.4 Å². The zero-order valence-electron chi connectivity index (χ0n) is 11.0. The predicted octanol–water partition coefficient (Wildman–Crippen LogP) is 1.95. The Hall–Kier alpha value is -0.900. The van der Waals surface area contributed by atoms with Crippen molar-refractivity contribution in [2.75, 3.05) is 20.3 Å². The molecule has 3 N–H and O–H groups in total. The van der Waals surface area contributed by atoms with E-state index in [0.717, 1.165) is 6.61 Å². The van der Waals surface area contributed by atoms with Crippen LogP contribution in [0.3, 0.4) is 0 Å². The molecule has 3 unspecified atom stereocenters. The number of rotatable bonds is 7. The Kier molecular flexibility index (Phi) is 6.19. The molecule has 0 amide bonds. The molecule has 17 heavy (non-hydrogen) atoms. The van der Waals surface area contributed by atoms with E-state index in [9.17, 15) is 0 Å². The maximum atomic E-state index is 5.81. The monoisotopic (exact) mass is 236 g/mol. The molecule has 1 rings (SSSR count). The van der Waals surface area contributed by atoms with Crippen LogP contribution in [0.1, 0.15) is 25.5 Å². The highest BCUT2D eigenvalue weighted by molar-refractivity contribution is 5.18. The van der Waals surface area contributed by atoms with Crippen LogP contribution >= 0.6 is 0 Å². The van der Waals surface area contributed by atoms with Crippen molar-refractivity contribution in [3.05, 3.63) is 35.9 Å². The Morgan fingerprint density at radius 1 is 1.24 bits per heavy atom. The Balaban J connectivity index is 2.56. The van der Waals surface area contributed by atoms with Gasteiger partial charge in [0.2, 0.25) is 0 Å². The van der Waals surface area contributed by atoms with Crippen LogP contribution in [-0.2, 0) is 4.74 Å². The van der Waals surface area contributed by atoms with Gasteiger partial charge in [0, 0.05) is 25.7 Å². The summed E-state index contributed by atoms with van der Waals surface area (Å²) in [6, 6.07) is 11.0. The summed E-state index contributed by atoms with van der Waals surface area (Å²) in [7, 11) is 1.73. The van der Waals surface area contributed by atoms with Crippen molar-refractivity contribution in [2.24, 2.45) is 11.7 Å². The standard InChI is InChI=1S/C14H24N2O/c1-11(10-17-3)14(9-15)16-12(2)13-7-5-4-6-8-13/h4-8,11-12,14,16H,9-10,15H2,1-3H3. The first-order valence-corrected chi connectivity index (χ1v) is 6.19. The van der Waals surface area contributed by atoms with Gasteiger partial charge in [0.25, 0.3) is 0 Å². The minimum Gasteiger partial charge on any atom is -0.384 e. The number of methoxy groups -OCH3 is 1. The van der Waals surface area contributed by atoms with Crippen LogP contribution in [0.2, 0.25) is 0 Å². The molecule has 0 aliphatic heterocycles. The molecular weight excluding hydrogens is 212 g/mol. The summed E-state index contributed by atoms with van der Waals surface area (Å²) in [6.07, 6.45) is 0. The Labute approximate surface area is 104 Å². The van der Waals surface area contributed by atoms with Crippen LogP contribution in [-0.4, -0.2) is 26.3 Å². The first kappa shape index (κ1) is 14.2. The van der Waals surface area contributed by atoms with E-state index >= 15 is 0 Å². The highest BCUT2D eigenvalue weighted by Gasteiger charge is 2.18. The number of nitrogens with two attached hydrogens (primary N) is 1. The number of hydrogen-bond acceptors (Lipinski definition) is 3. The van der Waals surface area contributed by atoms with Gasteiger partial charge in [0.15, 0.2) is 0 Å². The van der Waals surface area contributed by atoms with Crippen LogP contribution in [0.4, 0.5) is 0 Å². The summed E-state index contributed by atoms with van der Waals surface area (Å²) in [4.78, 5) is 0. The molecule has 0 bridgehead atoms. The maximum absolute atomic E-state index is 5.81. The minimum absolute atomic E-state index is 0.283. The first-order valence-electron chi connectivity index (χ1n) is 6.19. The number of hydrogen-bond donors (Lipinski definition) is 2. The largest absolute Gasteiger partial charge is 0.384 e. The van der Waals surface area contributed by atoms with Gasteiger partial charge < -0.3 is 15.8 Å². The van der Waals surface area contributed by atoms with Gasteiger partial charge in [-0.3, -0.25) is 0 Å². The fourth-order valence-corrected chi connectivity index (χ4v) is 2.00. The van der Waals surface area contributed by atoms with Crippen LogP contribution < -0.4 is 11.1 Å². The van der Waals surface area contributed by atoms with Crippen molar-refractivity contribution in [1.82, 2.24) is 5.32 Å². The zero-order chi connectivity index (χ0) is 12.7. The van der Waals surface area contributed by atoms with E-state index in [1.807, 2.05) is 6.07 Å². The Morgan fingerprint density at radius 3 is 2.41 bits per heavy atom. The summed E-state index contributed by atoms with van der Waals surface area (Å²) in [5.74, 6) is 0.413. The smallest absolute Gasteiger partial charge is 0.0503 e. The van der Waals surface area contributed by atoms with Crippen molar-refractivity contribution >= 4 is 0 Å². The quantitative estimate of drug-likeness (QED) is 0.760. The van der Waals surface area contributed by atoms with Crippen molar-refractivity contribution < 1.29 is 4.74 Å². The summed E-state index contributed by atoms with van der Waals surface area (Å²) in [5.41, 5.74) is 7.10. The van der Waals surface area contributed by atoms with E-state index in [1.54, 1.807) is 7.11 Å². The van der Waals surface area contributed by atoms with Crippen LogP contribution in [0.15, 0.2) is 30.3 Å². The second kappa shape index (κ2) is 7.43. The maximum Gasteiger partial charge on any atom is 0.0503 e. The van der Waals surface area contributed by atoms with Crippen molar-refractivity contribution in [1.29, 1.82) is 0 Å². The average Bonchev–Trinajstić information content (AvgIpc) is 2.37. The van der Waals surface area contributed by atoms with Gasteiger partial charge in [0.1, 0.15) is 0 Å². The molecule has 1 aromatic rings. The van der Waals surface area contributed by atoms with E-state index in [4.69, 9.17) is 10.5 Å². The van der Waals surface area contributed by atoms with E-state index in [0.29, 0.717) is 18.5 Å². The second-order valence-electron chi connectivity index (χ2n) is 4.57. The fraction of sp³-hybridized carbons (Fsp3) is 0.571. The lowest BCUT2D eigenvalue weighted by molar-refractivity contribution is 0.137. The lowest BCUT2D eigenvalue weighted by Gasteiger charge is -2.27. The van der Waals surface area contributed by atoms with E-state index in [1.165, 1.54) is 5.56 Å². The van der Waals surface area contributed by atoms with Gasteiger partial charge in [-0.2, -0.15) is 0 Å². The number of ether oxygens (including phenoxy) is 1. The van der Waals surface area contributed by atoms with Gasteiger partial charge >= 0.3 is 0 Å². The SMILES string of the molecule is COCC(C)C(CN)NC(C)c1ccccc1. The highest BCUT2D eigenvalue weighted by atomic mass is 16.5. The predicted molar refractivity (Wildman–Crippen MR) is 71.9 cm³/mol. The number of benzene rings is 1. The molecule has 0 saturated heterocycles. The molecule has 3 heteroatoms. The Morgan fingerprint density at radius 2 is 1.88 bits per heavy atom. The molecular formula is C14H24N2O. The lowest BCUT2D eigenvalue weighted by atomic mass is 10.0. The summed E-state index contributed by atoms with van der Waals surface area (Å²) >= 11 is 0. The molecule has 96 valence electrons. The fourth-order valence-electron chi connectivity index (χ4n) is 2.00. The average molecular weight is 236 g/mol. The zero-order valence-corrected chi connectivity index (χ0v) is 11.0. The molecule has 0 saturated carbocycles. The van der Waals surface area contributed by atoms with Gasteiger partial charge in [0.05, 0.1) is 6.61 Å². The van der Waals surface area contributed by atoms with Crippen LogP contribution in [0.25, 0.3) is 0 Å². The van der Waals surface area contributed by atoms with E-state index in [2.05, 4.69) is 43.4 Å². The molecule has 3 atom stereocenters. The number of nitrogens with one attached hydrogen (secondary N) is 1. The summed E-state index contributed by atoms with van der Waals surface area (Å²) in [6.45, 7) is 5.68. The lowest BCUT2D eigenvalue weighted by Crippen LogP contribution is -2.43.